The summed E-state index contributed by atoms with van der Waals surface area (Å²) in [5.41, 5.74) is 3.26. The van der Waals surface area contributed by atoms with Crippen LogP contribution in [0.4, 0.5) is 0 Å². The maximum atomic E-state index is 12.1. The Balaban J connectivity index is 1.79. The zero-order valence-electron chi connectivity index (χ0n) is 11.1. The fraction of sp³-hybridized carbons (Fsp3) is 0.235. The van der Waals surface area contributed by atoms with E-state index in [-0.39, 0.29) is 5.97 Å². The van der Waals surface area contributed by atoms with E-state index < -0.39 is 0 Å². The molecule has 3 rings (SSSR count). The Bertz CT molecular complexity index is 649. The molecule has 0 radical (unpaired) electrons. The van der Waals surface area contributed by atoms with Gasteiger partial charge in [0.1, 0.15) is 5.75 Å². The number of fused-ring (bicyclic) bond motifs is 1. The first-order chi connectivity index (χ1) is 9.72. The largest absolute Gasteiger partial charge is 0.423 e. The molecule has 102 valence electrons. The first kappa shape index (κ1) is 13.4. The van der Waals surface area contributed by atoms with Gasteiger partial charge >= 0.3 is 5.97 Å². The summed E-state index contributed by atoms with van der Waals surface area (Å²) in [6.07, 6.45) is 4.69. The minimum absolute atomic E-state index is 0.318. The number of benzene rings is 2. The van der Waals surface area contributed by atoms with Crippen LogP contribution in [0.25, 0.3) is 0 Å². The van der Waals surface area contributed by atoms with Crippen molar-refractivity contribution in [2.75, 3.05) is 0 Å². The smallest absolute Gasteiger partial charge is 0.343 e. The molecule has 0 aliphatic heterocycles. The molecule has 2 aromatic rings. The van der Waals surface area contributed by atoms with E-state index >= 15 is 0 Å². The lowest BCUT2D eigenvalue weighted by Gasteiger charge is -2.16. The minimum atomic E-state index is -0.318. The monoisotopic (exact) mass is 330 g/mol. The maximum absolute atomic E-state index is 12.1. The molecule has 0 atom stereocenters. The van der Waals surface area contributed by atoms with Gasteiger partial charge in [0.05, 0.1) is 5.56 Å². The molecule has 20 heavy (non-hydrogen) atoms. The molecule has 0 fully saturated rings. The van der Waals surface area contributed by atoms with E-state index in [1.165, 1.54) is 24.0 Å². The van der Waals surface area contributed by atoms with Crippen LogP contribution >= 0.6 is 15.9 Å². The van der Waals surface area contributed by atoms with Crippen molar-refractivity contribution in [2.24, 2.45) is 0 Å². The van der Waals surface area contributed by atoms with Gasteiger partial charge in [-0.05, 0) is 67.1 Å². The summed E-state index contributed by atoms with van der Waals surface area (Å²) in [5, 5.41) is 0. The van der Waals surface area contributed by atoms with Gasteiger partial charge in [-0.3, -0.25) is 0 Å². The lowest BCUT2D eigenvalue weighted by Crippen LogP contribution is -2.09. The summed E-state index contributed by atoms with van der Waals surface area (Å²) in [7, 11) is 0. The number of carbonyl (C=O) groups is 1. The van der Waals surface area contributed by atoms with E-state index in [9.17, 15) is 4.79 Å². The van der Waals surface area contributed by atoms with E-state index in [2.05, 4.69) is 22.0 Å². The first-order valence-corrected chi connectivity index (χ1v) is 7.61. The zero-order valence-corrected chi connectivity index (χ0v) is 12.7. The Hall–Kier alpha value is -1.61. The molecule has 0 unspecified atom stereocenters. The molecule has 0 heterocycles. The maximum Gasteiger partial charge on any atom is 0.343 e. The fourth-order valence-corrected chi connectivity index (χ4v) is 2.95. The van der Waals surface area contributed by atoms with Gasteiger partial charge < -0.3 is 4.74 Å². The Morgan fingerprint density at radius 3 is 2.60 bits per heavy atom. The zero-order chi connectivity index (χ0) is 13.9. The van der Waals surface area contributed by atoms with Crippen LogP contribution in [-0.4, -0.2) is 5.97 Å². The third-order valence-electron chi connectivity index (χ3n) is 3.59. The van der Waals surface area contributed by atoms with Crippen LogP contribution in [-0.2, 0) is 12.8 Å². The third kappa shape index (κ3) is 2.93. The molecule has 1 aliphatic rings. The van der Waals surface area contributed by atoms with Crippen molar-refractivity contribution >= 4 is 21.9 Å². The van der Waals surface area contributed by atoms with Crippen LogP contribution in [0.15, 0.2) is 46.9 Å². The Morgan fingerprint density at radius 2 is 1.80 bits per heavy atom. The highest BCUT2D eigenvalue weighted by Gasteiger charge is 2.13. The van der Waals surface area contributed by atoms with Crippen molar-refractivity contribution in [3.05, 3.63) is 63.6 Å². The van der Waals surface area contributed by atoms with Gasteiger partial charge in [-0.2, -0.15) is 0 Å². The van der Waals surface area contributed by atoms with Gasteiger partial charge in [0, 0.05) is 4.47 Å². The Kier molecular flexibility index (Phi) is 3.88. The second kappa shape index (κ2) is 5.80. The second-order valence-corrected chi connectivity index (χ2v) is 5.95. The van der Waals surface area contributed by atoms with Crippen molar-refractivity contribution in [1.82, 2.24) is 0 Å². The summed E-state index contributed by atoms with van der Waals surface area (Å²) in [6.45, 7) is 0. The number of rotatable bonds is 2. The summed E-state index contributed by atoms with van der Waals surface area (Å²) >= 11 is 3.36. The average molecular weight is 331 g/mol. The van der Waals surface area contributed by atoms with E-state index in [1.807, 2.05) is 24.3 Å². The fourth-order valence-electron chi connectivity index (χ4n) is 2.55. The SMILES string of the molecule is O=C(Oc1ccc2c(c1)CCCC2)c1cccc(Br)c1. The van der Waals surface area contributed by atoms with Crippen LogP contribution in [0.2, 0.25) is 0 Å². The van der Waals surface area contributed by atoms with Crippen LogP contribution in [0.3, 0.4) is 0 Å². The first-order valence-electron chi connectivity index (χ1n) is 6.82. The standard InChI is InChI=1S/C17H15BrO2/c18-15-7-3-6-14(10-15)17(19)20-16-9-8-12-4-1-2-5-13(12)11-16/h3,6-11H,1-2,4-5H2. The molecule has 0 spiro atoms. The molecule has 2 nitrogen and oxygen atoms in total. The summed E-state index contributed by atoms with van der Waals surface area (Å²) in [6, 6.07) is 13.2. The number of aryl methyl sites for hydroxylation is 2. The van der Waals surface area contributed by atoms with Gasteiger partial charge in [0.25, 0.3) is 0 Å². The molecule has 0 amide bonds. The van der Waals surface area contributed by atoms with Gasteiger partial charge in [-0.1, -0.05) is 28.1 Å². The second-order valence-electron chi connectivity index (χ2n) is 5.04. The number of halogens is 1. The minimum Gasteiger partial charge on any atom is -0.423 e. The van der Waals surface area contributed by atoms with Gasteiger partial charge in [-0.15, -0.1) is 0 Å². The Labute approximate surface area is 126 Å². The van der Waals surface area contributed by atoms with E-state index in [0.717, 1.165) is 17.3 Å². The van der Waals surface area contributed by atoms with Gasteiger partial charge in [0.2, 0.25) is 0 Å². The molecule has 0 saturated carbocycles. The van der Waals surface area contributed by atoms with E-state index in [0.29, 0.717) is 11.3 Å². The highest BCUT2D eigenvalue weighted by molar-refractivity contribution is 9.10. The summed E-state index contributed by atoms with van der Waals surface area (Å²) < 4.78 is 6.33. The highest BCUT2D eigenvalue weighted by Crippen LogP contribution is 2.26. The van der Waals surface area contributed by atoms with Crippen LogP contribution in [0, 0.1) is 0 Å². The quantitative estimate of drug-likeness (QED) is 0.596. The van der Waals surface area contributed by atoms with Crippen LogP contribution in [0.1, 0.15) is 34.3 Å². The van der Waals surface area contributed by atoms with Gasteiger partial charge in [0.15, 0.2) is 0 Å². The lowest BCUT2D eigenvalue weighted by atomic mass is 9.92. The molecular formula is C17H15BrO2. The number of carbonyl (C=O) groups excluding carboxylic acids is 1. The van der Waals surface area contributed by atoms with E-state index in [1.54, 1.807) is 12.1 Å². The molecule has 0 aromatic heterocycles. The predicted molar refractivity (Wildman–Crippen MR) is 82.2 cm³/mol. The number of hydrogen-bond donors (Lipinski definition) is 0. The van der Waals surface area contributed by atoms with Crippen molar-refractivity contribution in [3.8, 4) is 5.75 Å². The number of hydrogen-bond acceptors (Lipinski definition) is 2. The Morgan fingerprint density at radius 1 is 1.00 bits per heavy atom. The third-order valence-corrected chi connectivity index (χ3v) is 4.08. The predicted octanol–water partition coefficient (Wildman–Crippen LogP) is 4.55. The highest BCUT2D eigenvalue weighted by atomic mass is 79.9. The molecule has 0 saturated heterocycles. The molecule has 0 bridgehead atoms. The van der Waals surface area contributed by atoms with Crippen molar-refractivity contribution in [2.45, 2.75) is 25.7 Å². The van der Waals surface area contributed by atoms with Crippen LogP contribution in [0.5, 0.6) is 5.75 Å². The summed E-state index contributed by atoms with van der Waals surface area (Å²) in [4.78, 5) is 12.1. The van der Waals surface area contributed by atoms with Crippen LogP contribution < -0.4 is 4.74 Å². The van der Waals surface area contributed by atoms with E-state index in [4.69, 9.17) is 4.74 Å². The molecule has 1 aliphatic carbocycles. The summed E-state index contributed by atoms with van der Waals surface area (Å²) in [5.74, 6) is 0.317. The number of esters is 1. The average Bonchev–Trinajstić information content (AvgIpc) is 2.47. The van der Waals surface area contributed by atoms with Crippen molar-refractivity contribution in [1.29, 1.82) is 0 Å². The number of ether oxygens (including phenoxy) is 1. The molecule has 0 N–H and O–H groups in total. The molecular weight excluding hydrogens is 316 g/mol. The van der Waals surface area contributed by atoms with Gasteiger partial charge in [-0.25, -0.2) is 4.79 Å². The van der Waals surface area contributed by atoms with Crippen molar-refractivity contribution in [3.63, 3.8) is 0 Å². The lowest BCUT2D eigenvalue weighted by molar-refractivity contribution is 0.0734. The normalized spacial score (nSPS) is 13.7. The van der Waals surface area contributed by atoms with Crippen molar-refractivity contribution < 1.29 is 9.53 Å². The molecule has 3 heteroatoms. The molecule has 2 aromatic carbocycles. The topological polar surface area (TPSA) is 26.3 Å².